The summed E-state index contributed by atoms with van der Waals surface area (Å²) in [4.78, 5) is 36.5. The Hall–Kier alpha value is -3.47. The van der Waals surface area contributed by atoms with Crippen molar-refractivity contribution in [3.05, 3.63) is 75.6 Å². The van der Waals surface area contributed by atoms with Gasteiger partial charge in [0, 0.05) is 31.2 Å². The van der Waals surface area contributed by atoms with Gasteiger partial charge in [0.25, 0.3) is 11.5 Å². The molecule has 1 aromatic carbocycles. The molecule has 0 atom stereocenters. The zero-order valence-corrected chi connectivity index (χ0v) is 20.9. The minimum absolute atomic E-state index is 0.0684. The molecule has 37 heavy (non-hydrogen) atoms. The molecule has 2 aliphatic rings. The summed E-state index contributed by atoms with van der Waals surface area (Å²) in [6.45, 7) is 1.19. The Bertz CT molecular complexity index is 1530. The minimum Gasteiger partial charge on any atom is -0.435 e. The highest BCUT2D eigenvalue weighted by Crippen LogP contribution is 2.39. The van der Waals surface area contributed by atoms with Crippen molar-refractivity contribution in [2.75, 3.05) is 13.1 Å². The Kier molecular flexibility index (Phi) is 5.89. The van der Waals surface area contributed by atoms with E-state index >= 15 is 0 Å². The van der Waals surface area contributed by atoms with E-state index in [0.717, 1.165) is 24.1 Å². The predicted molar refractivity (Wildman–Crippen MR) is 137 cm³/mol. The number of aliphatic hydroxyl groups is 1. The Balaban J connectivity index is 1.18. The van der Waals surface area contributed by atoms with E-state index in [2.05, 4.69) is 9.97 Å². The first kappa shape index (κ1) is 23.9. The molecular formula is C26H27ClN6O4. The minimum atomic E-state index is -1.15. The SMILES string of the molecule is NCc1ccc(-n2c(Cl)cc3c(=O)n(CC4(O)CCN(C(=O)c5cnc(C6CC6)o5)CC4)cnc32)cc1. The molecule has 0 bridgehead atoms. The third kappa shape index (κ3) is 4.45. The van der Waals surface area contributed by atoms with Crippen molar-refractivity contribution < 1.29 is 14.3 Å². The van der Waals surface area contributed by atoms with E-state index in [1.54, 1.807) is 15.5 Å². The second-order valence-electron chi connectivity index (χ2n) is 9.94. The number of fused-ring (bicyclic) bond motifs is 1. The van der Waals surface area contributed by atoms with Crippen LogP contribution in [0, 0.1) is 0 Å². The number of rotatable bonds is 6. The number of nitrogens with two attached hydrogens (primary N) is 1. The molecule has 11 heteroatoms. The molecule has 6 rings (SSSR count). The molecule has 1 aliphatic carbocycles. The number of benzene rings is 1. The van der Waals surface area contributed by atoms with Crippen LogP contribution in [-0.2, 0) is 13.1 Å². The number of carbonyl (C=O) groups is 1. The third-order valence-corrected chi connectivity index (χ3v) is 7.56. The number of oxazole rings is 1. The van der Waals surface area contributed by atoms with Gasteiger partial charge in [-0.3, -0.25) is 18.7 Å². The van der Waals surface area contributed by atoms with Crippen molar-refractivity contribution in [2.24, 2.45) is 5.73 Å². The van der Waals surface area contributed by atoms with Gasteiger partial charge < -0.3 is 20.2 Å². The summed E-state index contributed by atoms with van der Waals surface area (Å²) < 4.78 is 8.77. The van der Waals surface area contributed by atoms with Gasteiger partial charge in [-0.25, -0.2) is 9.97 Å². The molecule has 1 saturated heterocycles. The summed E-state index contributed by atoms with van der Waals surface area (Å²) in [5.41, 5.74) is 6.45. The normalized spacial score (nSPS) is 17.4. The van der Waals surface area contributed by atoms with Gasteiger partial charge in [-0.1, -0.05) is 23.7 Å². The van der Waals surface area contributed by atoms with Gasteiger partial charge in [-0.15, -0.1) is 0 Å². The summed E-state index contributed by atoms with van der Waals surface area (Å²) in [6, 6.07) is 9.16. The maximum absolute atomic E-state index is 13.3. The lowest BCUT2D eigenvalue weighted by Crippen LogP contribution is -2.49. The fourth-order valence-corrected chi connectivity index (χ4v) is 5.17. The van der Waals surface area contributed by atoms with E-state index in [1.165, 1.54) is 17.1 Å². The average molecular weight is 523 g/mol. The van der Waals surface area contributed by atoms with Gasteiger partial charge >= 0.3 is 0 Å². The number of aromatic nitrogens is 4. The fourth-order valence-electron chi connectivity index (χ4n) is 4.89. The van der Waals surface area contributed by atoms with E-state index in [1.807, 2.05) is 24.3 Å². The van der Waals surface area contributed by atoms with E-state index in [-0.39, 0.29) is 23.8 Å². The molecule has 0 spiro atoms. The van der Waals surface area contributed by atoms with E-state index in [9.17, 15) is 14.7 Å². The molecule has 1 amide bonds. The highest BCUT2D eigenvalue weighted by molar-refractivity contribution is 6.31. The molecule has 0 radical (unpaired) electrons. The molecular weight excluding hydrogens is 496 g/mol. The first-order valence-electron chi connectivity index (χ1n) is 12.4. The molecule has 4 aromatic rings. The lowest BCUT2D eigenvalue weighted by atomic mass is 9.91. The first-order chi connectivity index (χ1) is 17.8. The van der Waals surface area contributed by atoms with Crippen LogP contribution in [0.15, 0.2) is 52.1 Å². The van der Waals surface area contributed by atoms with Crippen molar-refractivity contribution in [2.45, 2.75) is 50.3 Å². The molecule has 1 aliphatic heterocycles. The zero-order chi connectivity index (χ0) is 25.7. The van der Waals surface area contributed by atoms with Crippen LogP contribution in [0.3, 0.4) is 0 Å². The van der Waals surface area contributed by atoms with Crippen molar-refractivity contribution in [3.8, 4) is 5.69 Å². The molecule has 3 aromatic heterocycles. The quantitative estimate of drug-likeness (QED) is 0.398. The Morgan fingerprint density at radius 2 is 1.92 bits per heavy atom. The molecule has 2 fully saturated rings. The summed E-state index contributed by atoms with van der Waals surface area (Å²) >= 11 is 6.49. The second-order valence-corrected chi connectivity index (χ2v) is 10.3. The van der Waals surface area contributed by atoms with Crippen LogP contribution in [0.25, 0.3) is 16.7 Å². The number of amides is 1. The lowest BCUT2D eigenvalue weighted by molar-refractivity contribution is -0.0304. The van der Waals surface area contributed by atoms with Crippen molar-refractivity contribution in [1.29, 1.82) is 0 Å². The molecule has 1 saturated carbocycles. The number of piperidine rings is 1. The first-order valence-corrected chi connectivity index (χ1v) is 12.8. The van der Waals surface area contributed by atoms with Crippen molar-refractivity contribution in [1.82, 2.24) is 24.0 Å². The van der Waals surface area contributed by atoms with E-state index < -0.39 is 5.60 Å². The van der Waals surface area contributed by atoms with Gasteiger partial charge in [0.15, 0.2) is 11.5 Å². The maximum atomic E-state index is 13.3. The number of carbonyl (C=O) groups excluding carboxylic acids is 1. The molecule has 4 heterocycles. The monoisotopic (exact) mass is 522 g/mol. The third-order valence-electron chi connectivity index (χ3n) is 7.28. The predicted octanol–water partition coefficient (Wildman–Crippen LogP) is 2.83. The zero-order valence-electron chi connectivity index (χ0n) is 20.1. The number of hydrogen-bond donors (Lipinski definition) is 2. The fraction of sp³-hybridized carbons (Fsp3) is 0.385. The smallest absolute Gasteiger partial charge is 0.291 e. The van der Waals surface area contributed by atoms with Crippen LogP contribution in [-0.4, -0.2) is 53.7 Å². The largest absolute Gasteiger partial charge is 0.435 e. The second kappa shape index (κ2) is 9.13. The van der Waals surface area contributed by atoms with E-state index in [0.29, 0.717) is 60.5 Å². The van der Waals surface area contributed by atoms with E-state index in [4.69, 9.17) is 21.8 Å². The van der Waals surface area contributed by atoms with Crippen LogP contribution >= 0.6 is 11.6 Å². The Morgan fingerprint density at radius 1 is 1.19 bits per heavy atom. The average Bonchev–Trinajstić information content (AvgIpc) is 3.53. The van der Waals surface area contributed by atoms with Crippen LogP contribution in [0.4, 0.5) is 0 Å². The summed E-state index contributed by atoms with van der Waals surface area (Å²) in [6.07, 6.45) is 5.66. The highest BCUT2D eigenvalue weighted by atomic mass is 35.5. The van der Waals surface area contributed by atoms with Gasteiger partial charge in [-0.2, -0.15) is 0 Å². The molecule has 3 N–H and O–H groups in total. The van der Waals surface area contributed by atoms with Crippen LogP contribution < -0.4 is 11.3 Å². The van der Waals surface area contributed by atoms with Gasteiger partial charge in [0.1, 0.15) is 11.5 Å². The van der Waals surface area contributed by atoms with Gasteiger partial charge in [0.05, 0.1) is 23.7 Å². The van der Waals surface area contributed by atoms with Crippen LogP contribution in [0.2, 0.25) is 5.15 Å². The standard InChI is InChI=1S/C26H27ClN6O4/c27-21-11-19-22(33(21)18-5-1-16(12-28)2-6-18)30-15-32(24(19)34)14-26(36)7-9-31(10-8-26)25(35)20-13-29-23(37-20)17-3-4-17/h1-2,5-6,11,13,15,17,36H,3-4,7-10,12,14,28H2. The maximum Gasteiger partial charge on any atom is 0.291 e. The Morgan fingerprint density at radius 3 is 2.59 bits per heavy atom. The molecule has 10 nitrogen and oxygen atoms in total. The topological polar surface area (TPSA) is 132 Å². The summed E-state index contributed by atoms with van der Waals surface area (Å²) in [5, 5.41) is 12.0. The molecule has 0 unspecified atom stereocenters. The van der Waals surface area contributed by atoms with Crippen molar-refractivity contribution in [3.63, 3.8) is 0 Å². The Labute approximate surface area is 217 Å². The number of hydrogen-bond acceptors (Lipinski definition) is 7. The van der Waals surface area contributed by atoms with Crippen LogP contribution in [0.1, 0.15) is 53.6 Å². The van der Waals surface area contributed by atoms with Crippen molar-refractivity contribution >= 4 is 28.5 Å². The lowest BCUT2D eigenvalue weighted by Gasteiger charge is -2.38. The number of halogens is 1. The highest BCUT2D eigenvalue weighted by Gasteiger charge is 2.36. The summed E-state index contributed by atoms with van der Waals surface area (Å²) in [7, 11) is 0. The van der Waals surface area contributed by atoms with Gasteiger partial charge in [-0.05, 0) is 49.4 Å². The number of likely N-dealkylation sites (tertiary alicyclic amines) is 1. The molecule has 192 valence electrons. The van der Waals surface area contributed by atoms with Gasteiger partial charge in [0.2, 0.25) is 5.76 Å². The van der Waals surface area contributed by atoms with Crippen LogP contribution in [0.5, 0.6) is 0 Å². The number of nitrogens with zero attached hydrogens (tertiary/aromatic N) is 5. The summed E-state index contributed by atoms with van der Waals surface area (Å²) in [5.74, 6) is 0.968.